The lowest BCUT2D eigenvalue weighted by molar-refractivity contribution is 0.0257. The van der Waals surface area contributed by atoms with E-state index >= 15 is 0 Å². The highest BCUT2D eigenvalue weighted by atomic mass is 19.3. The van der Waals surface area contributed by atoms with Crippen LogP contribution in [-0.4, -0.2) is 32.1 Å². The zero-order chi connectivity index (χ0) is 12.5. The largest absolute Gasteiger partial charge is 0.465 e. The molecule has 5 heteroatoms. The number of ether oxygens (including phenoxy) is 1. The first kappa shape index (κ1) is 11.8. The van der Waals surface area contributed by atoms with Crippen LogP contribution in [0, 0.1) is 0 Å². The summed E-state index contributed by atoms with van der Waals surface area (Å²) in [5.41, 5.74) is 1.00. The normalized spacial score (nSPS) is 18.2. The lowest BCUT2D eigenvalue weighted by atomic mass is 10.2. The number of carbonyl (C=O) groups excluding carboxylic acids is 1. The third-order valence-electron chi connectivity index (χ3n) is 2.80. The van der Waals surface area contributed by atoms with Gasteiger partial charge in [0, 0.05) is 18.7 Å². The predicted octanol–water partition coefficient (Wildman–Crippen LogP) is 2.32. The molecule has 92 valence electrons. The van der Waals surface area contributed by atoms with E-state index < -0.39 is 11.9 Å². The molecule has 1 saturated heterocycles. The quantitative estimate of drug-likeness (QED) is 0.744. The van der Waals surface area contributed by atoms with Crippen molar-refractivity contribution in [1.29, 1.82) is 0 Å². The van der Waals surface area contributed by atoms with Gasteiger partial charge >= 0.3 is 5.97 Å². The second kappa shape index (κ2) is 4.31. The highest BCUT2D eigenvalue weighted by Gasteiger charge is 2.38. The van der Waals surface area contributed by atoms with Gasteiger partial charge in [0.05, 0.1) is 19.2 Å². The maximum absolute atomic E-state index is 13.1. The Morgan fingerprint density at radius 1 is 1.47 bits per heavy atom. The number of benzene rings is 1. The second-order valence-corrected chi connectivity index (χ2v) is 4.07. The van der Waals surface area contributed by atoms with Gasteiger partial charge in [-0.1, -0.05) is 6.07 Å². The van der Waals surface area contributed by atoms with E-state index in [0.717, 1.165) is 0 Å². The van der Waals surface area contributed by atoms with Crippen molar-refractivity contribution in [2.24, 2.45) is 0 Å². The van der Waals surface area contributed by atoms with Crippen LogP contribution in [0.5, 0.6) is 0 Å². The Morgan fingerprint density at radius 3 is 2.82 bits per heavy atom. The molecule has 0 bridgehead atoms. The van der Waals surface area contributed by atoms with Crippen molar-refractivity contribution in [3.05, 3.63) is 29.8 Å². The van der Waals surface area contributed by atoms with Gasteiger partial charge in [-0.25, -0.2) is 13.6 Å². The van der Waals surface area contributed by atoms with Gasteiger partial charge < -0.3 is 9.64 Å². The number of halogens is 2. The fourth-order valence-electron chi connectivity index (χ4n) is 1.90. The summed E-state index contributed by atoms with van der Waals surface area (Å²) in [5.74, 6) is -3.10. The van der Waals surface area contributed by atoms with Crippen molar-refractivity contribution in [3.8, 4) is 0 Å². The van der Waals surface area contributed by atoms with Crippen molar-refractivity contribution in [3.63, 3.8) is 0 Å². The van der Waals surface area contributed by atoms with E-state index in [2.05, 4.69) is 4.74 Å². The molecule has 1 aliphatic rings. The molecule has 1 aromatic rings. The van der Waals surface area contributed by atoms with Crippen molar-refractivity contribution in [2.45, 2.75) is 12.3 Å². The SMILES string of the molecule is COC(=O)c1cccc(N2CCC(F)(F)C2)c1. The average molecular weight is 241 g/mol. The van der Waals surface area contributed by atoms with E-state index in [1.807, 2.05) is 0 Å². The van der Waals surface area contributed by atoms with Crippen LogP contribution in [0.4, 0.5) is 14.5 Å². The van der Waals surface area contributed by atoms with Crippen LogP contribution in [0.2, 0.25) is 0 Å². The average Bonchev–Trinajstić information content (AvgIpc) is 2.69. The molecule has 17 heavy (non-hydrogen) atoms. The molecule has 0 unspecified atom stereocenters. The molecule has 0 amide bonds. The number of nitrogens with zero attached hydrogens (tertiary/aromatic N) is 1. The number of rotatable bonds is 2. The number of hydrogen-bond acceptors (Lipinski definition) is 3. The zero-order valence-corrected chi connectivity index (χ0v) is 9.45. The summed E-state index contributed by atoms with van der Waals surface area (Å²) in [7, 11) is 1.29. The lowest BCUT2D eigenvalue weighted by Gasteiger charge is -2.18. The summed E-state index contributed by atoms with van der Waals surface area (Å²) in [6.45, 7) is 0.00918. The lowest BCUT2D eigenvalue weighted by Crippen LogP contribution is -2.24. The molecule has 0 atom stereocenters. The Morgan fingerprint density at radius 2 is 2.24 bits per heavy atom. The zero-order valence-electron chi connectivity index (χ0n) is 9.45. The molecule has 1 fully saturated rings. The smallest absolute Gasteiger partial charge is 0.337 e. The van der Waals surface area contributed by atoms with E-state index in [9.17, 15) is 13.6 Å². The molecule has 1 heterocycles. The first-order valence-electron chi connectivity index (χ1n) is 5.33. The summed E-state index contributed by atoms with van der Waals surface area (Å²) < 4.78 is 30.7. The van der Waals surface area contributed by atoms with Gasteiger partial charge in [-0.2, -0.15) is 0 Å². The van der Waals surface area contributed by atoms with Crippen LogP contribution in [0.25, 0.3) is 0 Å². The Bertz CT molecular complexity index is 434. The molecule has 0 N–H and O–H groups in total. The van der Waals surface area contributed by atoms with Gasteiger partial charge in [0.2, 0.25) is 0 Å². The van der Waals surface area contributed by atoms with Crippen molar-refractivity contribution in [1.82, 2.24) is 0 Å². The summed E-state index contributed by atoms with van der Waals surface area (Å²) >= 11 is 0. The Balaban J connectivity index is 2.20. The van der Waals surface area contributed by atoms with E-state index in [4.69, 9.17) is 0 Å². The minimum atomic E-state index is -2.64. The highest BCUT2D eigenvalue weighted by molar-refractivity contribution is 5.90. The third kappa shape index (κ3) is 2.54. The van der Waals surface area contributed by atoms with Crippen LogP contribution in [-0.2, 0) is 4.74 Å². The van der Waals surface area contributed by atoms with Crippen LogP contribution in [0.1, 0.15) is 16.8 Å². The summed E-state index contributed by atoms with van der Waals surface area (Å²) in [4.78, 5) is 12.9. The molecule has 1 aliphatic heterocycles. The van der Waals surface area contributed by atoms with Gasteiger partial charge in [0.25, 0.3) is 5.92 Å². The topological polar surface area (TPSA) is 29.5 Å². The fraction of sp³-hybridized carbons (Fsp3) is 0.417. The number of carbonyl (C=O) groups is 1. The number of anilines is 1. The van der Waals surface area contributed by atoms with Gasteiger partial charge in [-0.05, 0) is 18.2 Å². The van der Waals surface area contributed by atoms with Crippen LogP contribution < -0.4 is 4.90 Å². The summed E-state index contributed by atoms with van der Waals surface area (Å²) in [6, 6.07) is 6.56. The predicted molar refractivity (Wildman–Crippen MR) is 59.6 cm³/mol. The Kier molecular flexibility index (Phi) is 3.00. The van der Waals surface area contributed by atoms with E-state index in [1.54, 1.807) is 29.2 Å². The first-order valence-corrected chi connectivity index (χ1v) is 5.33. The van der Waals surface area contributed by atoms with Crippen LogP contribution in [0.3, 0.4) is 0 Å². The molecule has 1 aromatic carbocycles. The van der Waals surface area contributed by atoms with Gasteiger partial charge in [0.1, 0.15) is 0 Å². The second-order valence-electron chi connectivity index (χ2n) is 4.07. The minimum Gasteiger partial charge on any atom is -0.465 e. The van der Waals surface area contributed by atoms with Crippen molar-refractivity contribution < 1.29 is 18.3 Å². The Labute approximate surface area is 98.0 Å². The number of esters is 1. The van der Waals surface area contributed by atoms with Crippen LogP contribution in [0.15, 0.2) is 24.3 Å². The van der Waals surface area contributed by atoms with Crippen molar-refractivity contribution >= 4 is 11.7 Å². The van der Waals surface area contributed by atoms with E-state index in [0.29, 0.717) is 17.8 Å². The molecule has 2 rings (SSSR count). The monoisotopic (exact) mass is 241 g/mol. The fourth-order valence-corrected chi connectivity index (χ4v) is 1.90. The number of hydrogen-bond donors (Lipinski definition) is 0. The summed E-state index contributed by atoms with van der Waals surface area (Å²) in [6.07, 6.45) is -0.143. The highest BCUT2D eigenvalue weighted by Crippen LogP contribution is 2.31. The first-order chi connectivity index (χ1) is 8.02. The molecule has 0 saturated carbocycles. The molecule has 0 aliphatic carbocycles. The molecular weight excluding hydrogens is 228 g/mol. The van der Waals surface area contributed by atoms with Crippen molar-refractivity contribution in [2.75, 3.05) is 25.1 Å². The number of methoxy groups -OCH3 is 1. The van der Waals surface area contributed by atoms with Gasteiger partial charge in [0.15, 0.2) is 0 Å². The standard InChI is InChI=1S/C12H13F2NO2/c1-17-11(16)9-3-2-4-10(7-9)15-6-5-12(13,14)8-15/h2-4,7H,5-6,8H2,1H3. The molecule has 0 spiro atoms. The third-order valence-corrected chi connectivity index (χ3v) is 2.80. The van der Waals surface area contributed by atoms with Gasteiger partial charge in [-0.3, -0.25) is 0 Å². The molecule has 0 radical (unpaired) electrons. The maximum Gasteiger partial charge on any atom is 0.337 e. The van der Waals surface area contributed by atoms with Crippen LogP contribution >= 0.6 is 0 Å². The molecule has 0 aromatic heterocycles. The maximum atomic E-state index is 13.1. The van der Waals surface area contributed by atoms with Gasteiger partial charge in [-0.15, -0.1) is 0 Å². The summed E-state index contributed by atoms with van der Waals surface area (Å²) in [5, 5.41) is 0. The molecular formula is C12H13F2NO2. The Hall–Kier alpha value is -1.65. The van der Waals surface area contributed by atoms with E-state index in [-0.39, 0.29) is 13.0 Å². The van der Waals surface area contributed by atoms with E-state index in [1.165, 1.54) is 7.11 Å². The number of alkyl halides is 2. The minimum absolute atomic E-state index is 0.143. The molecule has 3 nitrogen and oxygen atoms in total.